The number of para-hydroxylation sites is 1. The van der Waals surface area contributed by atoms with E-state index in [2.05, 4.69) is 5.32 Å². The molecule has 0 heterocycles. The van der Waals surface area contributed by atoms with Gasteiger partial charge in [0.15, 0.2) is 0 Å². The Morgan fingerprint density at radius 2 is 1.67 bits per heavy atom. The molecule has 0 aliphatic carbocycles. The number of nitrogens with zero attached hydrogens (tertiary/aromatic N) is 1. The zero-order valence-electron chi connectivity index (χ0n) is 14.1. The zero-order valence-corrected chi connectivity index (χ0v) is 14.9. The quantitative estimate of drug-likeness (QED) is 0.873. The summed E-state index contributed by atoms with van der Waals surface area (Å²) < 4.78 is 25.0. The second-order valence-corrected chi connectivity index (χ2v) is 7.67. The molecule has 0 saturated heterocycles. The first-order valence-electron chi connectivity index (χ1n) is 7.85. The lowest BCUT2D eigenvalue weighted by molar-refractivity contribution is 0.102. The SMILES string of the molecule is CCc1ccccc1NC(=O)c1ccc(N(C)S(=O)(=O)CC)cc1. The lowest BCUT2D eigenvalue weighted by Crippen LogP contribution is -2.28. The number of benzene rings is 2. The lowest BCUT2D eigenvalue weighted by Gasteiger charge is -2.18. The fourth-order valence-electron chi connectivity index (χ4n) is 2.32. The van der Waals surface area contributed by atoms with E-state index in [1.807, 2.05) is 31.2 Å². The summed E-state index contributed by atoms with van der Waals surface area (Å²) in [5, 5.41) is 2.90. The number of rotatable bonds is 6. The highest BCUT2D eigenvalue weighted by Crippen LogP contribution is 2.20. The number of anilines is 2. The van der Waals surface area contributed by atoms with Crippen LogP contribution in [-0.4, -0.2) is 27.1 Å². The van der Waals surface area contributed by atoms with Gasteiger partial charge in [0.25, 0.3) is 5.91 Å². The largest absolute Gasteiger partial charge is 0.322 e. The van der Waals surface area contributed by atoms with Gasteiger partial charge in [0.2, 0.25) is 10.0 Å². The van der Waals surface area contributed by atoms with E-state index in [-0.39, 0.29) is 11.7 Å². The molecule has 0 spiro atoms. The molecule has 0 aromatic heterocycles. The molecule has 6 heteroatoms. The van der Waals surface area contributed by atoms with Crippen LogP contribution in [-0.2, 0) is 16.4 Å². The fourth-order valence-corrected chi connectivity index (χ4v) is 3.15. The molecular formula is C18H22N2O3S. The molecule has 1 amide bonds. The van der Waals surface area contributed by atoms with Gasteiger partial charge in [0.1, 0.15) is 0 Å². The third kappa shape index (κ3) is 3.94. The van der Waals surface area contributed by atoms with E-state index in [9.17, 15) is 13.2 Å². The molecule has 0 aliphatic heterocycles. The third-order valence-corrected chi connectivity index (χ3v) is 5.70. The number of aryl methyl sites for hydroxylation is 1. The van der Waals surface area contributed by atoms with Crippen LogP contribution in [0.3, 0.4) is 0 Å². The summed E-state index contributed by atoms with van der Waals surface area (Å²) in [6, 6.07) is 14.2. The maximum Gasteiger partial charge on any atom is 0.255 e. The maximum absolute atomic E-state index is 12.4. The van der Waals surface area contributed by atoms with Gasteiger partial charge in [0.05, 0.1) is 11.4 Å². The minimum atomic E-state index is -3.31. The van der Waals surface area contributed by atoms with Gasteiger partial charge < -0.3 is 5.32 Å². The van der Waals surface area contributed by atoms with Crippen LogP contribution < -0.4 is 9.62 Å². The van der Waals surface area contributed by atoms with Crippen molar-refractivity contribution in [3.8, 4) is 0 Å². The Kier molecular flexibility index (Phi) is 5.62. The minimum absolute atomic E-state index is 0.0273. The molecular weight excluding hydrogens is 324 g/mol. The lowest BCUT2D eigenvalue weighted by atomic mass is 10.1. The molecule has 1 N–H and O–H groups in total. The summed E-state index contributed by atoms with van der Waals surface area (Å²) in [6.45, 7) is 3.63. The Hall–Kier alpha value is -2.34. The second-order valence-electron chi connectivity index (χ2n) is 5.38. The van der Waals surface area contributed by atoms with Gasteiger partial charge in [-0.2, -0.15) is 0 Å². The summed E-state index contributed by atoms with van der Waals surface area (Å²) in [4.78, 5) is 12.4. The van der Waals surface area contributed by atoms with E-state index in [1.165, 1.54) is 11.4 Å². The Bertz CT molecular complexity index is 814. The predicted molar refractivity (Wildman–Crippen MR) is 98.1 cm³/mol. The molecule has 0 saturated carbocycles. The smallest absolute Gasteiger partial charge is 0.255 e. The van der Waals surface area contributed by atoms with E-state index >= 15 is 0 Å². The normalized spacial score (nSPS) is 11.1. The first-order valence-corrected chi connectivity index (χ1v) is 9.46. The van der Waals surface area contributed by atoms with E-state index < -0.39 is 10.0 Å². The second kappa shape index (κ2) is 7.49. The van der Waals surface area contributed by atoms with Crippen molar-refractivity contribution in [1.82, 2.24) is 0 Å². The first kappa shape index (κ1) is 18.0. The van der Waals surface area contributed by atoms with E-state index in [1.54, 1.807) is 31.2 Å². The van der Waals surface area contributed by atoms with Crippen molar-refractivity contribution in [3.63, 3.8) is 0 Å². The van der Waals surface area contributed by atoms with Crippen molar-refractivity contribution < 1.29 is 13.2 Å². The molecule has 2 aromatic rings. The topological polar surface area (TPSA) is 66.5 Å². The van der Waals surface area contributed by atoms with Crippen LogP contribution in [0.4, 0.5) is 11.4 Å². The van der Waals surface area contributed by atoms with Crippen molar-refractivity contribution in [1.29, 1.82) is 0 Å². The number of hydrogen-bond acceptors (Lipinski definition) is 3. The van der Waals surface area contributed by atoms with Crippen LogP contribution in [0.2, 0.25) is 0 Å². The van der Waals surface area contributed by atoms with Crippen molar-refractivity contribution >= 4 is 27.3 Å². The summed E-state index contributed by atoms with van der Waals surface area (Å²) >= 11 is 0. The Morgan fingerprint density at radius 1 is 1.04 bits per heavy atom. The molecule has 2 aromatic carbocycles. The molecule has 0 radical (unpaired) electrons. The average Bonchev–Trinajstić information content (AvgIpc) is 2.61. The van der Waals surface area contributed by atoms with Gasteiger partial charge >= 0.3 is 0 Å². The molecule has 0 fully saturated rings. The molecule has 24 heavy (non-hydrogen) atoms. The Morgan fingerprint density at radius 3 is 2.25 bits per heavy atom. The highest BCUT2D eigenvalue weighted by Gasteiger charge is 2.16. The predicted octanol–water partition coefficient (Wildman–Crippen LogP) is 3.29. The van der Waals surface area contributed by atoms with Crippen molar-refractivity contribution in [2.75, 3.05) is 22.4 Å². The van der Waals surface area contributed by atoms with Gasteiger partial charge in [-0.3, -0.25) is 9.10 Å². The van der Waals surface area contributed by atoms with E-state index in [0.717, 1.165) is 17.7 Å². The van der Waals surface area contributed by atoms with Gasteiger partial charge in [0, 0.05) is 18.3 Å². The molecule has 0 unspecified atom stereocenters. The molecule has 0 aliphatic rings. The van der Waals surface area contributed by atoms with Crippen LogP contribution in [0.25, 0.3) is 0 Å². The van der Waals surface area contributed by atoms with Crippen molar-refractivity contribution in [2.45, 2.75) is 20.3 Å². The van der Waals surface area contributed by atoms with Crippen LogP contribution in [0.1, 0.15) is 29.8 Å². The molecule has 128 valence electrons. The zero-order chi connectivity index (χ0) is 17.7. The summed E-state index contributed by atoms with van der Waals surface area (Å²) in [7, 11) is -1.80. The Balaban J connectivity index is 2.17. The molecule has 0 bridgehead atoms. The first-order chi connectivity index (χ1) is 11.4. The summed E-state index contributed by atoms with van der Waals surface area (Å²) in [5.41, 5.74) is 2.87. The average molecular weight is 346 g/mol. The van der Waals surface area contributed by atoms with E-state index in [4.69, 9.17) is 0 Å². The van der Waals surface area contributed by atoms with E-state index in [0.29, 0.717) is 11.3 Å². The number of sulfonamides is 1. The highest BCUT2D eigenvalue weighted by atomic mass is 32.2. The standard InChI is InChI=1S/C18H22N2O3S/c1-4-14-8-6-7-9-17(14)19-18(21)15-10-12-16(13-11-15)20(3)24(22,23)5-2/h6-13H,4-5H2,1-3H3,(H,19,21). The minimum Gasteiger partial charge on any atom is -0.322 e. The van der Waals surface area contributed by atoms with Crippen LogP contribution >= 0.6 is 0 Å². The van der Waals surface area contributed by atoms with Gasteiger partial charge in [-0.1, -0.05) is 25.1 Å². The maximum atomic E-state index is 12.4. The highest BCUT2D eigenvalue weighted by molar-refractivity contribution is 7.92. The van der Waals surface area contributed by atoms with Crippen LogP contribution in [0.15, 0.2) is 48.5 Å². The van der Waals surface area contributed by atoms with Crippen LogP contribution in [0.5, 0.6) is 0 Å². The molecule has 5 nitrogen and oxygen atoms in total. The number of carbonyl (C=O) groups is 1. The third-order valence-electron chi connectivity index (χ3n) is 3.92. The van der Waals surface area contributed by atoms with Crippen molar-refractivity contribution in [2.24, 2.45) is 0 Å². The summed E-state index contributed by atoms with van der Waals surface area (Å²) in [6.07, 6.45) is 0.828. The number of amides is 1. The van der Waals surface area contributed by atoms with Gasteiger partial charge in [-0.25, -0.2) is 8.42 Å². The summed E-state index contributed by atoms with van der Waals surface area (Å²) in [5.74, 6) is -0.192. The number of carbonyl (C=O) groups excluding carboxylic acids is 1. The van der Waals surface area contributed by atoms with Gasteiger partial charge in [-0.15, -0.1) is 0 Å². The monoisotopic (exact) mass is 346 g/mol. The fraction of sp³-hybridized carbons (Fsp3) is 0.278. The van der Waals surface area contributed by atoms with Crippen LogP contribution in [0, 0.1) is 0 Å². The van der Waals surface area contributed by atoms with Crippen molar-refractivity contribution in [3.05, 3.63) is 59.7 Å². The van der Waals surface area contributed by atoms with Gasteiger partial charge in [-0.05, 0) is 49.2 Å². The Labute approximate surface area is 143 Å². The molecule has 2 rings (SSSR count). The number of nitrogens with one attached hydrogen (secondary N) is 1. The number of hydrogen-bond donors (Lipinski definition) is 1. The molecule has 0 atom stereocenters.